The molecule has 1 aromatic heterocycles. The lowest BCUT2D eigenvalue weighted by Gasteiger charge is -2.23. The molecule has 0 radical (unpaired) electrons. The minimum Gasteiger partial charge on any atom is -0.480 e. The summed E-state index contributed by atoms with van der Waals surface area (Å²) in [6, 6.07) is 7.79. The van der Waals surface area contributed by atoms with Crippen molar-refractivity contribution < 1.29 is 17.9 Å². The van der Waals surface area contributed by atoms with Gasteiger partial charge in [-0.25, -0.2) is 4.98 Å². The van der Waals surface area contributed by atoms with Crippen LogP contribution in [0.5, 0.6) is 5.88 Å². The average Bonchev–Trinajstić information content (AvgIpc) is 2.54. The van der Waals surface area contributed by atoms with Gasteiger partial charge in [-0.15, -0.1) is 0 Å². The van der Waals surface area contributed by atoms with Gasteiger partial charge in [-0.2, -0.15) is 18.2 Å². The van der Waals surface area contributed by atoms with Crippen molar-refractivity contribution in [2.45, 2.75) is 32.9 Å². The van der Waals surface area contributed by atoms with E-state index in [4.69, 9.17) is 4.74 Å². The second kappa shape index (κ2) is 7.07. The van der Waals surface area contributed by atoms with E-state index in [1.165, 1.54) is 0 Å². The third kappa shape index (κ3) is 3.77. The number of alkyl halides is 3. The number of halogens is 3. The lowest BCUT2D eigenvalue weighted by atomic mass is 10.0. The summed E-state index contributed by atoms with van der Waals surface area (Å²) in [5.74, 6) is 0.0286. The van der Waals surface area contributed by atoms with Crippen molar-refractivity contribution >= 4 is 11.6 Å². The highest BCUT2D eigenvalue weighted by molar-refractivity contribution is 5.59. The molecule has 0 aliphatic heterocycles. The second-order valence-electron chi connectivity index (χ2n) is 5.58. The van der Waals surface area contributed by atoms with Crippen LogP contribution in [0.2, 0.25) is 0 Å². The highest BCUT2D eigenvalue weighted by Gasteiger charge is 2.36. The van der Waals surface area contributed by atoms with Crippen molar-refractivity contribution in [3.63, 3.8) is 0 Å². The molecule has 0 bridgehead atoms. The highest BCUT2D eigenvalue weighted by Crippen LogP contribution is 2.36. The van der Waals surface area contributed by atoms with E-state index in [1.54, 1.807) is 4.90 Å². The van der Waals surface area contributed by atoms with E-state index < -0.39 is 17.6 Å². The maximum absolute atomic E-state index is 12.9. The molecule has 0 amide bonds. The fourth-order valence-corrected chi connectivity index (χ4v) is 2.33. The molecule has 4 nitrogen and oxygen atoms in total. The standard InChI is InChI=1S/C17H20F3N3O/c1-5-23(13-8-6-7-12(9-13)11(2)3)16-21-10-14(17(18,19)20)15(22-16)24-4/h6-11H,5H2,1-4H3. The minimum atomic E-state index is -4.56. The van der Waals surface area contributed by atoms with Crippen molar-refractivity contribution in [1.29, 1.82) is 0 Å². The molecule has 0 spiro atoms. The van der Waals surface area contributed by atoms with E-state index in [0.29, 0.717) is 12.5 Å². The fourth-order valence-electron chi connectivity index (χ4n) is 2.33. The zero-order valence-electron chi connectivity index (χ0n) is 14.1. The molecule has 0 unspecified atom stereocenters. The Morgan fingerprint density at radius 3 is 2.50 bits per heavy atom. The summed E-state index contributed by atoms with van der Waals surface area (Å²) < 4.78 is 43.6. The molecule has 2 rings (SSSR count). The Balaban J connectivity index is 2.46. The number of anilines is 2. The molecule has 0 saturated heterocycles. The zero-order valence-corrected chi connectivity index (χ0v) is 14.1. The molecule has 0 aliphatic carbocycles. The van der Waals surface area contributed by atoms with Crippen molar-refractivity contribution in [3.8, 4) is 5.88 Å². The van der Waals surface area contributed by atoms with Gasteiger partial charge in [0, 0.05) is 18.4 Å². The predicted molar refractivity (Wildman–Crippen MR) is 86.8 cm³/mol. The van der Waals surface area contributed by atoms with E-state index in [0.717, 1.165) is 24.6 Å². The van der Waals surface area contributed by atoms with Crippen molar-refractivity contribution in [2.75, 3.05) is 18.6 Å². The van der Waals surface area contributed by atoms with Crippen LogP contribution in [-0.4, -0.2) is 23.6 Å². The minimum absolute atomic E-state index is 0.170. The van der Waals surface area contributed by atoms with Crippen molar-refractivity contribution in [1.82, 2.24) is 9.97 Å². The van der Waals surface area contributed by atoms with Gasteiger partial charge in [0.2, 0.25) is 11.8 Å². The van der Waals surface area contributed by atoms with Crippen LogP contribution in [0.1, 0.15) is 37.8 Å². The SMILES string of the molecule is CCN(c1cccc(C(C)C)c1)c1ncc(C(F)(F)F)c(OC)n1. The first kappa shape index (κ1) is 18.0. The van der Waals surface area contributed by atoms with E-state index in [9.17, 15) is 13.2 Å². The Bertz CT molecular complexity index is 702. The first-order valence-corrected chi connectivity index (χ1v) is 7.63. The topological polar surface area (TPSA) is 38.2 Å². The largest absolute Gasteiger partial charge is 0.480 e. The van der Waals surface area contributed by atoms with Crippen LogP contribution in [0, 0.1) is 0 Å². The zero-order chi connectivity index (χ0) is 17.9. The lowest BCUT2D eigenvalue weighted by molar-refractivity contribution is -0.139. The van der Waals surface area contributed by atoms with Crippen LogP contribution in [-0.2, 0) is 6.18 Å². The number of nitrogens with zero attached hydrogens (tertiary/aromatic N) is 3. The van der Waals surface area contributed by atoms with E-state index in [2.05, 4.69) is 23.8 Å². The highest BCUT2D eigenvalue weighted by atomic mass is 19.4. The second-order valence-corrected chi connectivity index (χ2v) is 5.58. The van der Waals surface area contributed by atoms with E-state index in [-0.39, 0.29) is 5.95 Å². The Kier molecular flexibility index (Phi) is 5.31. The molecule has 1 heterocycles. The van der Waals surface area contributed by atoms with Gasteiger partial charge in [0.15, 0.2) is 0 Å². The van der Waals surface area contributed by atoms with Gasteiger partial charge in [-0.1, -0.05) is 26.0 Å². The number of hydrogen-bond acceptors (Lipinski definition) is 4. The number of aromatic nitrogens is 2. The van der Waals surface area contributed by atoms with Gasteiger partial charge in [0.25, 0.3) is 0 Å². The van der Waals surface area contributed by atoms with Gasteiger partial charge >= 0.3 is 6.18 Å². The van der Waals surface area contributed by atoms with E-state index in [1.807, 2.05) is 31.2 Å². The van der Waals surface area contributed by atoms with Crippen LogP contribution in [0.3, 0.4) is 0 Å². The van der Waals surface area contributed by atoms with Crippen LogP contribution in [0.15, 0.2) is 30.5 Å². The summed E-state index contributed by atoms with van der Waals surface area (Å²) in [6.45, 7) is 6.55. The summed E-state index contributed by atoms with van der Waals surface area (Å²) in [5, 5.41) is 0. The molecule has 1 aromatic carbocycles. The van der Waals surface area contributed by atoms with Gasteiger partial charge in [-0.05, 0) is 30.5 Å². The van der Waals surface area contributed by atoms with E-state index >= 15 is 0 Å². The summed E-state index contributed by atoms with van der Waals surface area (Å²) in [6.07, 6.45) is -3.80. The molecule has 0 aliphatic rings. The summed E-state index contributed by atoms with van der Waals surface area (Å²) in [7, 11) is 1.16. The van der Waals surface area contributed by atoms with Gasteiger partial charge in [0.1, 0.15) is 5.56 Å². The molecule has 2 aromatic rings. The monoisotopic (exact) mass is 339 g/mol. The van der Waals surface area contributed by atoms with Crippen molar-refractivity contribution in [2.24, 2.45) is 0 Å². The summed E-state index contributed by atoms with van der Waals surface area (Å²) >= 11 is 0. The first-order chi connectivity index (χ1) is 11.3. The fraction of sp³-hybridized carbons (Fsp3) is 0.412. The van der Waals surface area contributed by atoms with Gasteiger partial charge < -0.3 is 9.64 Å². The Labute approximate surface area is 139 Å². The molecule has 130 valence electrons. The predicted octanol–water partition coefficient (Wildman–Crippen LogP) is 4.79. The van der Waals surface area contributed by atoms with Crippen LogP contribution < -0.4 is 9.64 Å². The number of methoxy groups -OCH3 is 1. The molecular formula is C17H20F3N3O. The first-order valence-electron chi connectivity index (χ1n) is 7.63. The number of benzene rings is 1. The molecule has 24 heavy (non-hydrogen) atoms. The van der Waals surface area contributed by atoms with Crippen LogP contribution in [0.4, 0.5) is 24.8 Å². The Morgan fingerprint density at radius 1 is 1.25 bits per heavy atom. The Hall–Kier alpha value is -2.31. The number of ether oxygens (including phenoxy) is 1. The maximum atomic E-state index is 12.9. The molecule has 7 heteroatoms. The van der Waals surface area contributed by atoms with Gasteiger partial charge in [0.05, 0.1) is 7.11 Å². The normalized spacial score (nSPS) is 11.7. The molecule has 0 atom stereocenters. The lowest BCUT2D eigenvalue weighted by Crippen LogP contribution is -2.20. The van der Waals surface area contributed by atoms with Crippen LogP contribution in [0.25, 0.3) is 0 Å². The third-order valence-corrected chi connectivity index (χ3v) is 3.65. The molecule has 0 fully saturated rings. The number of hydrogen-bond donors (Lipinski definition) is 0. The summed E-state index contributed by atoms with van der Waals surface area (Å²) in [4.78, 5) is 9.59. The smallest absolute Gasteiger partial charge is 0.423 e. The molecule has 0 saturated carbocycles. The Morgan fingerprint density at radius 2 is 1.96 bits per heavy atom. The van der Waals surface area contributed by atoms with Crippen LogP contribution >= 0.6 is 0 Å². The summed E-state index contributed by atoms with van der Waals surface area (Å²) in [5.41, 5.74) is 0.969. The van der Waals surface area contributed by atoms with Gasteiger partial charge in [-0.3, -0.25) is 0 Å². The maximum Gasteiger partial charge on any atom is 0.423 e. The quantitative estimate of drug-likeness (QED) is 0.785. The molecule has 0 N–H and O–H groups in total. The van der Waals surface area contributed by atoms with Crippen molar-refractivity contribution in [3.05, 3.63) is 41.6 Å². The number of rotatable bonds is 5. The molecular weight excluding hydrogens is 319 g/mol. The average molecular weight is 339 g/mol. The third-order valence-electron chi connectivity index (χ3n) is 3.65.